The number of aliphatic carboxylic acids is 1. The number of halogens is 7. The van der Waals surface area contributed by atoms with Gasteiger partial charge >= 0.3 is 18.5 Å². The topological polar surface area (TPSA) is 59.4 Å². The molecule has 0 radical (unpaired) electrons. The summed E-state index contributed by atoms with van der Waals surface area (Å²) in [5.74, 6) is -5.52. The molecular formula is C9H4F7NO3. The van der Waals surface area contributed by atoms with Crippen LogP contribution in [-0.4, -0.2) is 22.4 Å². The number of pyridine rings is 1. The zero-order chi connectivity index (χ0) is 15.7. The van der Waals surface area contributed by atoms with Crippen molar-refractivity contribution < 1.29 is 45.4 Å². The number of rotatable bonds is 3. The van der Waals surface area contributed by atoms with Crippen LogP contribution < -0.4 is 4.74 Å². The molecule has 1 N–H and O–H groups in total. The summed E-state index contributed by atoms with van der Waals surface area (Å²) in [6, 6.07) is 0. The molecule has 112 valence electrons. The molecular weight excluding hydrogens is 303 g/mol. The summed E-state index contributed by atoms with van der Waals surface area (Å²) in [4.78, 5) is 12.9. The highest BCUT2D eigenvalue weighted by Gasteiger charge is 2.43. The molecule has 0 bridgehead atoms. The maximum atomic E-state index is 13.2. The molecule has 0 saturated heterocycles. The van der Waals surface area contributed by atoms with E-state index in [0.717, 1.165) is 0 Å². The molecule has 1 heterocycles. The SMILES string of the molecule is O=C(O)Cc1c(F)cnc(OC(F)(F)F)c1C(F)(F)F. The zero-order valence-electron chi connectivity index (χ0n) is 9.14. The molecule has 0 unspecified atom stereocenters. The van der Waals surface area contributed by atoms with Crippen LogP contribution in [0.3, 0.4) is 0 Å². The van der Waals surface area contributed by atoms with E-state index in [1.807, 2.05) is 0 Å². The number of carboxylic acids is 1. The lowest BCUT2D eigenvalue weighted by Gasteiger charge is -2.17. The number of nitrogens with zero attached hydrogens (tertiary/aromatic N) is 1. The van der Waals surface area contributed by atoms with E-state index in [4.69, 9.17) is 5.11 Å². The van der Waals surface area contributed by atoms with Crippen LogP contribution in [0.25, 0.3) is 0 Å². The van der Waals surface area contributed by atoms with Gasteiger partial charge < -0.3 is 9.84 Å². The third-order valence-corrected chi connectivity index (χ3v) is 1.92. The van der Waals surface area contributed by atoms with Gasteiger partial charge in [0.15, 0.2) is 0 Å². The largest absolute Gasteiger partial charge is 0.574 e. The summed E-state index contributed by atoms with van der Waals surface area (Å²) in [5, 5.41) is 8.39. The van der Waals surface area contributed by atoms with Crippen LogP contribution in [0.1, 0.15) is 11.1 Å². The van der Waals surface area contributed by atoms with Gasteiger partial charge in [0, 0.05) is 5.56 Å². The number of hydrogen-bond acceptors (Lipinski definition) is 3. The number of aromatic nitrogens is 1. The number of ether oxygens (including phenoxy) is 1. The Hall–Kier alpha value is -2.07. The van der Waals surface area contributed by atoms with E-state index < -0.39 is 47.8 Å². The van der Waals surface area contributed by atoms with Crippen molar-refractivity contribution in [2.24, 2.45) is 0 Å². The normalized spacial score (nSPS) is 12.3. The van der Waals surface area contributed by atoms with Crippen molar-refractivity contribution in [1.29, 1.82) is 0 Å². The molecule has 0 atom stereocenters. The molecule has 0 amide bonds. The third kappa shape index (κ3) is 3.96. The van der Waals surface area contributed by atoms with E-state index in [-0.39, 0.29) is 6.20 Å². The minimum absolute atomic E-state index is 0.0224. The number of alkyl halides is 6. The molecule has 4 nitrogen and oxygen atoms in total. The van der Waals surface area contributed by atoms with Crippen LogP contribution in [0, 0.1) is 5.82 Å². The van der Waals surface area contributed by atoms with Crippen molar-refractivity contribution in [1.82, 2.24) is 4.98 Å². The summed E-state index contributed by atoms with van der Waals surface area (Å²) in [6.45, 7) is 0. The lowest BCUT2D eigenvalue weighted by molar-refractivity contribution is -0.278. The average Bonchev–Trinajstić information content (AvgIpc) is 2.18. The molecule has 20 heavy (non-hydrogen) atoms. The first kappa shape index (κ1) is 16.0. The Kier molecular flexibility index (Phi) is 4.10. The van der Waals surface area contributed by atoms with E-state index in [2.05, 4.69) is 9.72 Å². The van der Waals surface area contributed by atoms with Crippen molar-refractivity contribution in [3.05, 3.63) is 23.1 Å². The lowest BCUT2D eigenvalue weighted by Crippen LogP contribution is -2.23. The zero-order valence-corrected chi connectivity index (χ0v) is 9.14. The number of carboxylic acid groups (broad SMARTS) is 1. The minimum atomic E-state index is -5.49. The van der Waals surface area contributed by atoms with Gasteiger partial charge in [0.2, 0.25) is 5.88 Å². The Morgan fingerprint density at radius 1 is 1.25 bits per heavy atom. The Morgan fingerprint density at radius 3 is 2.20 bits per heavy atom. The Balaban J connectivity index is 3.49. The van der Waals surface area contributed by atoms with Gasteiger partial charge in [0.25, 0.3) is 0 Å². The molecule has 0 fully saturated rings. The fraction of sp³-hybridized carbons (Fsp3) is 0.333. The second-order valence-electron chi connectivity index (χ2n) is 3.38. The van der Waals surface area contributed by atoms with E-state index in [1.165, 1.54) is 0 Å². The van der Waals surface area contributed by atoms with E-state index in [0.29, 0.717) is 0 Å². The van der Waals surface area contributed by atoms with E-state index >= 15 is 0 Å². The minimum Gasteiger partial charge on any atom is -0.481 e. The molecule has 11 heteroatoms. The Labute approximate surface area is 105 Å². The molecule has 0 spiro atoms. The van der Waals surface area contributed by atoms with Crippen molar-refractivity contribution in [2.75, 3.05) is 0 Å². The van der Waals surface area contributed by atoms with Crippen molar-refractivity contribution >= 4 is 5.97 Å². The van der Waals surface area contributed by atoms with Crippen LogP contribution in [-0.2, 0) is 17.4 Å². The molecule has 1 rings (SSSR count). The van der Waals surface area contributed by atoms with Crippen molar-refractivity contribution in [2.45, 2.75) is 19.0 Å². The summed E-state index contributed by atoms with van der Waals surface area (Å²) in [6.07, 6.45) is -12.4. The standard InChI is InChI=1S/C9H4F7NO3/c10-4-2-17-7(20-9(14,15)16)6(8(11,12)13)3(4)1-5(18)19/h2H,1H2,(H,18,19). The van der Waals surface area contributed by atoms with E-state index in [1.54, 1.807) is 0 Å². The summed E-state index contributed by atoms with van der Waals surface area (Å²) in [5.41, 5.74) is -3.70. The quantitative estimate of drug-likeness (QED) is 0.872. The van der Waals surface area contributed by atoms with Crippen LogP contribution in [0.15, 0.2) is 6.20 Å². The predicted octanol–water partition coefficient (Wildman–Crippen LogP) is 2.77. The van der Waals surface area contributed by atoms with Gasteiger partial charge in [-0.3, -0.25) is 4.79 Å². The summed E-state index contributed by atoms with van der Waals surface area (Å²) < 4.78 is 90.1. The van der Waals surface area contributed by atoms with Crippen molar-refractivity contribution in [3.63, 3.8) is 0 Å². The van der Waals surface area contributed by atoms with Gasteiger partial charge in [-0.25, -0.2) is 9.37 Å². The second kappa shape index (κ2) is 5.13. The van der Waals surface area contributed by atoms with Gasteiger partial charge in [0.1, 0.15) is 11.4 Å². The van der Waals surface area contributed by atoms with E-state index in [9.17, 15) is 35.5 Å². The molecule has 0 aliphatic carbocycles. The first-order valence-corrected chi connectivity index (χ1v) is 4.64. The number of carbonyl (C=O) groups is 1. The molecule has 1 aromatic heterocycles. The Bertz CT molecular complexity index is 523. The van der Waals surface area contributed by atoms with Crippen molar-refractivity contribution in [3.8, 4) is 5.88 Å². The highest BCUT2D eigenvalue weighted by molar-refractivity contribution is 5.71. The summed E-state index contributed by atoms with van der Waals surface area (Å²) in [7, 11) is 0. The van der Waals surface area contributed by atoms with Gasteiger partial charge in [-0.15, -0.1) is 13.2 Å². The highest BCUT2D eigenvalue weighted by Crippen LogP contribution is 2.40. The number of hydrogen-bond donors (Lipinski definition) is 1. The second-order valence-corrected chi connectivity index (χ2v) is 3.38. The molecule has 0 saturated carbocycles. The fourth-order valence-corrected chi connectivity index (χ4v) is 1.31. The van der Waals surface area contributed by atoms with Gasteiger partial charge in [-0.1, -0.05) is 0 Å². The van der Waals surface area contributed by atoms with Crippen LogP contribution in [0.2, 0.25) is 0 Å². The lowest BCUT2D eigenvalue weighted by atomic mass is 10.1. The van der Waals surface area contributed by atoms with Gasteiger partial charge in [-0.05, 0) is 0 Å². The first-order valence-electron chi connectivity index (χ1n) is 4.64. The smallest absolute Gasteiger partial charge is 0.481 e. The third-order valence-electron chi connectivity index (χ3n) is 1.92. The fourth-order valence-electron chi connectivity index (χ4n) is 1.31. The maximum absolute atomic E-state index is 13.2. The monoisotopic (exact) mass is 307 g/mol. The maximum Gasteiger partial charge on any atom is 0.574 e. The summed E-state index contributed by atoms with van der Waals surface area (Å²) >= 11 is 0. The van der Waals surface area contributed by atoms with Crippen LogP contribution in [0.5, 0.6) is 5.88 Å². The predicted molar refractivity (Wildman–Crippen MR) is 47.2 cm³/mol. The van der Waals surface area contributed by atoms with Crippen LogP contribution in [0.4, 0.5) is 30.7 Å². The van der Waals surface area contributed by atoms with Crippen LogP contribution >= 0.6 is 0 Å². The van der Waals surface area contributed by atoms with Gasteiger partial charge in [-0.2, -0.15) is 13.2 Å². The average molecular weight is 307 g/mol. The molecule has 0 aromatic carbocycles. The molecule has 1 aromatic rings. The Morgan fingerprint density at radius 2 is 1.80 bits per heavy atom. The molecule has 0 aliphatic heterocycles. The molecule has 0 aliphatic rings. The van der Waals surface area contributed by atoms with Gasteiger partial charge in [0.05, 0.1) is 12.6 Å². The highest BCUT2D eigenvalue weighted by atomic mass is 19.4. The first-order chi connectivity index (χ1) is 8.92.